The largest absolute Gasteiger partial charge is 0.309 e. The van der Waals surface area contributed by atoms with Gasteiger partial charge < -0.3 is 5.43 Å². The first-order chi connectivity index (χ1) is 16.4. The molecule has 1 fully saturated rings. The Balaban J connectivity index is 1.55. The Labute approximate surface area is 204 Å². The third-order valence-electron chi connectivity index (χ3n) is 5.05. The van der Waals surface area contributed by atoms with Crippen LogP contribution in [0.1, 0.15) is 33.9 Å². The highest BCUT2D eigenvalue weighted by Crippen LogP contribution is 2.21. The van der Waals surface area contributed by atoms with Crippen molar-refractivity contribution in [1.82, 2.24) is 16.2 Å². The van der Waals surface area contributed by atoms with Crippen LogP contribution in [0.25, 0.3) is 0 Å². The van der Waals surface area contributed by atoms with E-state index >= 15 is 0 Å². The van der Waals surface area contributed by atoms with Crippen LogP contribution in [0, 0.1) is 11.6 Å². The van der Waals surface area contributed by atoms with Crippen LogP contribution in [-0.2, 0) is 6.54 Å². The van der Waals surface area contributed by atoms with Crippen molar-refractivity contribution in [2.24, 2.45) is 9.98 Å². The molecule has 1 saturated heterocycles. The van der Waals surface area contributed by atoms with Crippen molar-refractivity contribution in [3.05, 3.63) is 105 Å². The van der Waals surface area contributed by atoms with Gasteiger partial charge in [-0.3, -0.25) is 10.1 Å². The fraction of sp³-hybridized carbons (Fsp3) is 0.125. The van der Waals surface area contributed by atoms with E-state index in [1.165, 1.54) is 30.3 Å². The molecule has 0 spiro atoms. The van der Waals surface area contributed by atoms with Crippen LogP contribution >= 0.6 is 23.2 Å². The first-order valence-corrected chi connectivity index (χ1v) is 11.0. The normalized spacial score (nSPS) is 17.0. The Hall–Kier alpha value is -3.33. The van der Waals surface area contributed by atoms with Gasteiger partial charge in [0.1, 0.15) is 17.5 Å². The number of nitrogens with zero attached hydrogens (tertiary/aromatic N) is 2. The monoisotopic (exact) mass is 501 g/mol. The molecule has 3 aromatic carbocycles. The first-order valence-electron chi connectivity index (χ1n) is 10.3. The molecule has 174 valence electrons. The molecular weight excluding hydrogens is 483 g/mol. The second kappa shape index (κ2) is 10.7. The minimum Gasteiger partial charge on any atom is -0.309 e. The third kappa shape index (κ3) is 6.17. The van der Waals surface area contributed by atoms with Gasteiger partial charge in [0, 0.05) is 22.0 Å². The van der Waals surface area contributed by atoms with E-state index in [9.17, 15) is 13.6 Å². The van der Waals surface area contributed by atoms with Gasteiger partial charge >= 0.3 is 0 Å². The Morgan fingerprint density at radius 2 is 1.71 bits per heavy atom. The van der Waals surface area contributed by atoms with Crippen molar-refractivity contribution >= 4 is 40.9 Å². The maximum absolute atomic E-state index is 13.4. The smallest absolute Gasteiger partial charge is 0.258 e. The van der Waals surface area contributed by atoms with Crippen LogP contribution in [-0.4, -0.2) is 17.7 Å². The van der Waals surface area contributed by atoms with Gasteiger partial charge in [-0.25, -0.2) is 19.2 Å². The lowest BCUT2D eigenvalue weighted by atomic mass is 10.1. The molecule has 3 N–H and O–H groups in total. The Kier molecular flexibility index (Phi) is 7.52. The zero-order chi connectivity index (χ0) is 24.1. The van der Waals surface area contributed by atoms with Crippen molar-refractivity contribution in [3.63, 3.8) is 0 Å². The topological polar surface area (TPSA) is 77.9 Å². The molecule has 1 unspecified atom stereocenters. The van der Waals surface area contributed by atoms with Gasteiger partial charge in [0.15, 0.2) is 0 Å². The van der Waals surface area contributed by atoms with Crippen LogP contribution in [0.15, 0.2) is 76.7 Å². The Bertz CT molecular complexity index is 1250. The fourth-order valence-corrected chi connectivity index (χ4v) is 3.60. The lowest BCUT2D eigenvalue weighted by molar-refractivity contribution is 0.0976. The van der Waals surface area contributed by atoms with E-state index in [1.807, 2.05) is 0 Å². The summed E-state index contributed by atoms with van der Waals surface area (Å²) < 4.78 is 26.6. The number of hydrogen-bond donors (Lipinski definition) is 3. The fourth-order valence-electron chi connectivity index (χ4n) is 3.25. The average molecular weight is 502 g/mol. The predicted octanol–water partition coefficient (Wildman–Crippen LogP) is 5.20. The lowest BCUT2D eigenvalue weighted by Gasteiger charge is -2.08. The number of aliphatic imine (C=N–C) groups is 2. The summed E-state index contributed by atoms with van der Waals surface area (Å²) in [5.74, 6) is -0.630. The molecular formula is C24H19Cl2F2N5O. The summed E-state index contributed by atoms with van der Waals surface area (Å²) >= 11 is 12.0. The number of halogens is 4. The van der Waals surface area contributed by atoms with Crippen LogP contribution in [0.3, 0.4) is 0 Å². The summed E-state index contributed by atoms with van der Waals surface area (Å²) in [6.45, 7) is 0.0704. The molecule has 1 atom stereocenters. The number of amidine groups is 1. The molecule has 1 aliphatic heterocycles. The van der Waals surface area contributed by atoms with E-state index in [0.29, 0.717) is 28.4 Å². The summed E-state index contributed by atoms with van der Waals surface area (Å²) in [6.07, 6.45) is 0.457. The highest BCUT2D eigenvalue weighted by molar-refractivity contribution is 6.31. The van der Waals surface area contributed by atoms with E-state index < -0.39 is 11.7 Å². The summed E-state index contributed by atoms with van der Waals surface area (Å²) in [5.41, 5.74) is 7.87. The second-order valence-electron chi connectivity index (χ2n) is 7.47. The van der Waals surface area contributed by atoms with E-state index in [1.54, 1.807) is 36.4 Å². The number of guanidine groups is 1. The molecule has 0 radical (unpaired) electrons. The standard InChI is InChI=1S/C24H19Cl2F2N5O/c25-17-6-1-15(2-7-17)23(34)31-24(29-13-16-5-10-19(28)11-20(16)26)30-22-12-21(32-33-22)14-3-8-18(27)9-4-14/h1-11,21,32H,12-13H2,(H2,29,30,31,33,34). The highest BCUT2D eigenvalue weighted by Gasteiger charge is 2.22. The number of hydrogen-bond acceptors (Lipinski definition) is 3. The number of rotatable bonds is 4. The maximum atomic E-state index is 13.4. The van der Waals surface area contributed by atoms with Crippen LogP contribution < -0.4 is 16.2 Å². The van der Waals surface area contributed by atoms with Gasteiger partial charge in [-0.15, -0.1) is 0 Å². The molecule has 1 heterocycles. The molecule has 0 bridgehead atoms. The van der Waals surface area contributed by atoms with Crippen molar-refractivity contribution in [3.8, 4) is 0 Å². The summed E-state index contributed by atoms with van der Waals surface area (Å²) in [6, 6.07) is 16.4. The van der Waals surface area contributed by atoms with Crippen molar-refractivity contribution in [2.75, 3.05) is 0 Å². The number of hydrazine groups is 1. The predicted molar refractivity (Wildman–Crippen MR) is 129 cm³/mol. The molecule has 10 heteroatoms. The third-order valence-corrected chi connectivity index (χ3v) is 5.65. The molecule has 4 rings (SSSR count). The zero-order valence-electron chi connectivity index (χ0n) is 17.7. The quantitative estimate of drug-likeness (QED) is 0.339. The van der Waals surface area contributed by atoms with E-state index in [-0.39, 0.29) is 29.4 Å². The SMILES string of the molecule is O=C(NC(N=C1CC(c2ccc(F)cc2)NN1)=NCc1ccc(F)cc1Cl)c1ccc(Cl)cc1. The van der Waals surface area contributed by atoms with Crippen molar-refractivity contribution in [2.45, 2.75) is 19.0 Å². The van der Waals surface area contributed by atoms with Crippen LogP contribution in [0.4, 0.5) is 8.78 Å². The summed E-state index contributed by atoms with van der Waals surface area (Å²) in [5, 5.41) is 3.41. The molecule has 1 amide bonds. The summed E-state index contributed by atoms with van der Waals surface area (Å²) in [4.78, 5) is 21.6. The molecule has 0 aliphatic carbocycles. The number of nitrogens with one attached hydrogen (secondary N) is 3. The van der Waals surface area contributed by atoms with Gasteiger partial charge in [0.2, 0.25) is 5.96 Å². The van der Waals surface area contributed by atoms with Gasteiger partial charge in [0.05, 0.1) is 12.6 Å². The Morgan fingerprint density at radius 3 is 2.41 bits per heavy atom. The maximum Gasteiger partial charge on any atom is 0.258 e. The Morgan fingerprint density at radius 1 is 1.00 bits per heavy atom. The van der Waals surface area contributed by atoms with Gasteiger partial charge in [0.25, 0.3) is 5.91 Å². The number of benzene rings is 3. The molecule has 0 saturated carbocycles. The molecule has 6 nitrogen and oxygen atoms in total. The number of carbonyl (C=O) groups is 1. The minimum absolute atomic E-state index is 0.0457. The van der Waals surface area contributed by atoms with E-state index in [0.717, 1.165) is 5.56 Å². The summed E-state index contributed by atoms with van der Waals surface area (Å²) in [7, 11) is 0. The van der Waals surface area contributed by atoms with E-state index in [2.05, 4.69) is 26.2 Å². The van der Waals surface area contributed by atoms with Gasteiger partial charge in [-0.05, 0) is 59.7 Å². The van der Waals surface area contributed by atoms with Crippen molar-refractivity contribution < 1.29 is 13.6 Å². The molecule has 34 heavy (non-hydrogen) atoms. The lowest BCUT2D eigenvalue weighted by Crippen LogP contribution is -2.33. The molecule has 3 aromatic rings. The highest BCUT2D eigenvalue weighted by atomic mass is 35.5. The van der Waals surface area contributed by atoms with Crippen LogP contribution in [0.5, 0.6) is 0 Å². The van der Waals surface area contributed by atoms with Gasteiger partial charge in [-0.1, -0.05) is 41.4 Å². The minimum atomic E-state index is -0.456. The first kappa shape index (κ1) is 23.8. The van der Waals surface area contributed by atoms with Crippen LogP contribution in [0.2, 0.25) is 10.0 Å². The second-order valence-corrected chi connectivity index (χ2v) is 8.32. The number of carbonyl (C=O) groups excluding carboxylic acids is 1. The number of amides is 1. The van der Waals surface area contributed by atoms with Gasteiger partial charge in [-0.2, -0.15) is 4.99 Å². The average Bonchev–Trinajstić information content (AvgIpc) is 3.27. The zero-order valence-corrected chi connectivity index (χ0v) is 19.2. The molecule has 0 aromatic heterocycles. The molecule has 1 aliphatic rings. The van der Waals surface area contributed by atoms with Crippen molar-refractivity contribution in [1.29, 1.82) is 0 Å². The van der Waals surface area contributed by atoms with E-state index in [4.69, 9.17) is 23.2 Å².